The van der Waals surface area contributed by atoms with Gasteiger partial charge >= 0.3 is 0 Å². The van der Waals surface area contributed by atoms with Gasteiger partial charge in [-0.05, 0) is 24.1 Å². The minimum absolute atomic E-state index is 0.0227. The largest absolute Gasteiger partial charge is 0.399 e. The van der Waals surface area contributed by atoms with Crippen molar-refractivity contribution < 1.29 is 4.79 Å². The second-order valence-corrected chi connectivity index (χ2v) is 5.06. The lowest BCUT2D eigenvalue weighted by Gasteiger charge is -2.21. The van der Waals surface area contributed by atoms with Gasteiger partial charge in [-0.15, -0.1) is 11.3 Å². The zero-order valence-corrected chi connectivity index (χ0v) is 11.7. The number of carbonyl (C=O) groups is 1. The third-order valence-corrected chi connectivity index (χ3v) is 3.34. The number of thiazole rings is 1. The molecule has 0 bridgehead atoms. The fourth-order valence-electron chi connectivity index (χ4n) is 1.91. The molecule has 0 aliphatic heterocycles. The average molecular weight is 275 g/mol. The summed E-state index contributed by atoms with van der Waals surface area (Å²) in [4.78, 5) is 18.2. The Labute approximate surface area is 116 Å². The van der Waals surface area contributed by atoms with E-state index in [0.29, 0.717) is 18.8 Å². The van der Waals surface area contributed by atoms with Gasteiger partial charge in [0.1, 0.15) is 5.69 Å². The van der Waals surface area contributed by atoms with E-state index in [0.717, 1.165) is 17.7 Å². The van der Waals surface area contributed by atoms with Gasteiger partial charge < -0.3 is 10.6 Å². The molecule has 2 N–H and O–H groups in total. The Morgan fingerprint density at radius 2 is 2.32 bits per heavy atom. The zero-order chi connectivity index (χ0) is 13.7. The van der Waals surface area contributed by atoms with Crippen molar-refractivity contribution in [3.63, 3.8) is 0 Å². The normalized spacial score (nSPS) is 10.4. The van der Waals surface area contributed by atoms with Crippen LogP contribution in [0.4, 0.5) is 5.69 Å². The van der Waals surface area contributed by atoms with Crippen molar-refractivity contribution in [2.75, 3.05) is 12.3 Å². The Balaban J connectivity index is 2.14. The Kier molecular flexibility index (Phi) is 4.52. The molecule has 0 saturated carbocycles. The number of amides is 1. The molecule has 19 heavy (non-hydrogen) atoms. The van der Waals surface area contributed by atoms with Crippen molar-refractivity contribution in [3.8, 4) is 0 Å². The molecular weight excluding hydrogens is 258 g/mol. The highest BCUT2D eigenvalue weighted by molar-refractivity contribution is 7.07. The molecule has 0 aliphatic rings. The monoisotopic (exact) mass is 275 g/mol. The van der Waals surface area contributed by atoms with Crippen LogP contribution in [0, 0.1) is 0 Å². The third kappa shape index (κ3) is 3.54. The van der Waals surface area contributed by atoms with Gasteiger partial charge in [-0.3, -0.25) is 4.79 Å². The molecule has 0 saturated heterocycles. The van der Waals surface area contributed by atoms with Crippen molar-refractivity contribution >= 4 is 22.9 Å². The molecule has 0 spiro atoms. The molecule has 0 unspecified atom stereocenters. The smallest absolute Gasteiger partial charge is 0.273 e. The quantitative estimate of drug-likeness (QED) is 0.854. The molecule has 5 heteroatoms. The lowest BCUT2D eigenvalue weighted by atomic mass is 10.2. The van der Waals surface area contributed by atoms with Crippen LogP contribution < -0.4 is 5.73 Å². The number of hydrogen-bond donors (Lipinski definition) is 1. The first-order valence-electron chi connectivity index (χ1n) is 6.22. The Morgan fingerprint density at radius 3 is 2.95 bits per heavy atom. The van der Waals surface area contributed by atoms with Crippen molar-refractivity contribution in [1.29, 1.82) is 0 Å². The van der Waals surface area contributed by atoms with Crippen molar-refractivity contribution in [1.82, 2.24) is 9.88 Å². The molecule has 0 fully saturated rings. The number of rotatable bonds is 5. The molecule has 0 atom stereocenters. The molecule has 4 nitrogen and oxygen atoms in total. The summed E-state index contributed by atoms with van der Waals surface area (Å²) >= 11 is 1.43. The van der Waals surface area contributed by atoms with E-state index < -0.39 is 0 Å². The van der Waals surface area contributed by atoms with Crippen molar-refractivity contribution in [3.05, 3.63) is 46.4 Å². The number of carbonyl (C=O) groups excluding carboxylic acids is 1. The summed E-state index contributed by atoms with van der Waals surface area (Å²) < 4.78 is 0. The number of anilines is 1. The van der Waals surface area contributed by atoms with Crippen LogP contribution in [-0.4, -0.2) is 22.3 Å². The Hall–Kier alpha value is -1.88. The SMILES string of the molecule is CCCN(Cc1cccc(N)c1)C(=O)c1cscn1. The fraction of sp³-hybridized carbons (Fsp3) is 0.286. The highest BCUT2D eigenvalue weighted by Gasteiger charge is 2.17. The van der Waals surface area contributed by atoms with Gasteiger partial charge in [-0.1, -0.05) is 19.1 Å². The number of hydrogen-bond acceptors (Lipinski definition) is 4. The molecule has 2 aromatic rings. The minimum atomic E-state index is -0.0227. The maximum atomic E-state index is 12.3. The molecule has 1 aromatic carbocycles. The standard InChI is InChI=1S/C14H17N3OS/c1-2-6-17(14(18)13-9-19-10-16-13)8-11-4-3-5-12(15)7-11/h3-5,7,9-10H,2,6,8,15H2,1H3. The lowest BCUT2D eigenvalue weighted by Crippen LogP contribution is -2.31. The van der Waals surface area contributed by atoms with E-state index in [2.05, 4.69) is 11.9 Å². The van der Waals surface area contributed by atoms with Gasteiger partial charge in [0.05, 0.1) is 5.51 Å². The fourth-order valence-corrected chi connectivity index (χ4v) is 2.44. The summed E-state index contributed by atoms with van der Waals surface area (Å²) in [7, 11) is 0. The van der Waals surface area contributed by atoms with Crippen LogP contribution in [0.15, 0.2) is 35.2 Å². The predicted molar refractivity (Wildman–Crippen MR) is 78.0 cm³/mol. The van der Waals surface area contributed by atoms with Crippen molar-refractivity contribution in [2.24, 2.45) is 0 Å². The maximum Gasteiger partial charge on any atom is 0.273 e. The van der Waals surface area contributed by atoms with Gasteiger partial charge in [-0.25, -0.2) is 4.98 Å². The van der Waals surface area contributed by atoms with E-state index in [1.807, 2.05) is 29.2 Å². The second kappa shape index (κ2) is 6.33. The van der Waals surface area contributed by atoms with E-state index in [4.69, 9.17) is 5.73 Å². The lowest BCUT2D eigenvalue weighted by molar-refractivity contribution is 0.0738. The molecule has 100 valence electrons. The van der Waals surface area contributed by atoms with Gasteiger partial charge in [-0.2, -0.15) is 0 Å². The number of nitrogens with zero attached hydrogens (tertiary/aromatic N) is 2. The van der Waals surface area contributed by atoms with Crippen molar-refractivity contribution in [2.45, 2.75) is 19.9 Å². The van der Waals surface area contributed by atoms with E-state index in [-0.39, 0.29) is 5.91 Å². The summed E-state index contributed by atoms with van der Waals surface area (Å²) in [5.74, 6) is -0.0227. The van der Waals surface area contributed by atoms with Crippen LogP contribution in [0.2, 0.25) is 0 Å². The number of nitrogens with two attached hydrogens (primary N) is 1. The maximum absolute atomic E-state index is 12.3. The molecule has 1 amide bonds. The van der Waals surface area contributed by atoms with E-state index >= 15 is 0 Å². The van der Waals surface area contributed by atoms with Gasteiger partial charge in [0.2, 0.25) is 0 Å². The first kappa shape index (κ1) is 13.5. The molecule has 1 heterocycles. The number of benzene rings is 1. The summed E-state index contributed by atoms with van der Waals surface area (Å²) in [6.07, 6.45) is 0.915. The summed E-state index contributed by atoms with van der Waals surface area (Å²) in [5.41, 5.74) is 9.72. The molecule has 0 aliphatic carbocycles. The highest BCUT2D eigenvalue weighted by atomic mass is 32.1. The molecule has 0 radical (unpaired) electrons. The van der Waals surface area contributed by atoms with Gasteiger partial charge in [0, 0.05) is 24.2 Å². The number of nitrogen functional groups attached to an aromatic ring is 1. The topological polar surface area (TPSA) is 59.2 Å². The van der Waals surface area contributed by atoms with Crippen LogP contribution in [0.25, 0.3) is 0 Å². The number of aromatic nitrogens is 1. The summed E-state index contributed by atoms with van der Waals surface area (Å²) in [6, 6.07) is 7.63. The average Bonchev–Trinajstić information content (AvgIpc) is 2.91. The zero-order valence-electron chi connectivity index (χ0n) is 10.9. The molecule has 1 aromatic heterocycles. The van der Waals surface area contributed by atoms with Gasteiger partial charge in [0.15, 0.2) is 0 Å². The van der Waals surface area contributed by atoms with Gasteiger partial charge in [0.25, 0.3) is 5.91 Å². The van der Waals surface area contributed by atoms with E-state index in [9.17, 15) is 4.79 Å². The third-order valence-electron chi connectivity index (χ3n) is 2.76. The van der Waals surface area contributed by atoms with Crippen LogP contribution >= 0.6 is 11.3 Å². The Bertz CT molecular complexity index is 539. The summed E-state index contributed by atoms with van der Waals surface area (Å²) in [5, 5.41) is 1.78. The second-order valence-electron chi connectivity index (χ2n) is 4.35. The molecular formula is C14H17N3OS. The van der Waals surface area contributed by atoms with E-state index in [1.54, 1.807) is 10.9 Å². The Morgan fingerprint density at radius 1 is 1.47 bits per heavy atom. The minimum Gasteiger partial charge on any atom is -0.399 e. The van der Waals surface area contributed by atoms with E-state index in [1.165, 1.54) is 11.3 Å². The van der Waals surface area contributed by atoms with Crippen LogP contribution in [0.1, 0.15) is 29.4 Å². The first-order valence-corrected chi connectivity index (χ1v) is 7.17. The van der Waals surface area contributed by atoms with Crippen LogP contribution in [0.5, 0.6) is 0 Å². The first-order chi connectivity index (χ1) is 9.20. The van der Waals surface area contributed by atoms with Crippen LogP contribution in [-0.2, 0) is 6.54 Å². The predicted octanol–water partition coefficient (Wildman–Crippen LogP) is 2.78. The summed E-state index contributed by atoms with van der Waals surface area (Å²) in [6.45, 7) is 3.33. The van der Waals surface area contributed by atoms with Crippen LogP contribution in [0.3, 0.4) is 0 Å². The highest BCUT2D eigenvalue weighted by Crippen LogP contribution is 2.13. The molecule has 2 rings (SSSR count).